The van der Waals surface area contributed by atoms with Gasteiger partial charge in [0.2, 0.25) is 0 Å². The van der Waals surface area contributed by atoms with E-state index in [9.17, 15) is 5.11 Å². The maximum Gasteiger partial charge on any atom is 0.191 e. The molecule has 4 atom stereocenters. The lowest BCUT2D eigenvalue weighted by Crippen LogP contribution is -2.45. The fourth-order valence-electron chi connectivity index (χ4n) is 3.75. The molecule has 0 spiro atoms. The average Bonchev–Trinajstić information content (AvgIpc) is 2.90. The van der Waals surface area contributed by atoms with Crippen molar-refractivity contribution in [1.29, 1.82) is 0 Å². The maximum atomic E-state index is 9.91. The number of nitrogens with one attached hydrogen (secondary N) is 2. The van der Waals surface area contributed by atoms with Gasteiger partial charge in [-0.3, -0.25) is 4.99 Å². The molecule has 2 rings (SSSR count). The Labute approximate surface area is 129 Å². The fourth-order valence-corrected chi connectivity index (χ4v) is 3.75. The average molecular weight is 295 g/mol. The largest absolute Gasteiger partial charge is 0.393 e. The zero-order valence-corrected chi connectivity index (χ0v) is 13.8. The van der Waals surface area contributed by atoms with Gasteiger partial charge < -0.3 is 15.7 Å². The molecule has 4 unspecified atom stereocenters. The van der Waals surface area contributed by atoms with Gasteiger partial charge in [-0.25, -0.2) is 0 Å². The summed E-state index contributed by atoms with van der Waals surface area (Å²) >= 11 is 0. The molecule has 4 nitrogen and oxygen atoms in total. The predicted octanol–water partition coefficient (Wildman–Crippen LogP) is 2.67. The number of aliphatic imine (C=N–C) groups is 1. The van der Waals surface area contributed by atoms with Crippen LogP contribution in [0.1, 0.15) is 65.2 Å². The van der Waals surface area contributed by atoms with E-state index in [2.05, 4.69) is 24.5 Å². The first kappa shape index (κ1) is 16.6. The lowest BCUT2D eigenvalue weighted by Gasteiger charge is -2.30. The highest BCUT2D eigenvalue weighted by Crippen LogP contribution is 2.27. The smallest absolute Gasteiger partial charge is 0.191 e. The minimum atomic E-state index is -0.143. The molecule has 122 valence electrons. The SMILES string of the molecule is CCNC(=NCC1CCCC1O)NC1CCCC(CC)C1. The molecule has 0 amide bonds. The third-order valence-electron chi connectivity index (χ3n) is 5.15. The molecule has 2 aliphatic carbocycles. The third kappa shape index (κ3) is 5.17. The normalized spacial score (nSPS) is 34.0. The number of hydrogen-bond acceptors (Lipinski definition) is 2. The number of aliphatic hydroxyl groups is 1. The first-order valence-electron chi connectivity index (χ1n) is 8.95. The molecule has 0 aromatic heterocycles. The van der Waals surface area contributed by atoms with Crippen molar-refractivity contribution < 1.29 is 5.11 Å². The monoisotopic (exact) mass is 295 g/mol. The molecule has 0 bridgehead atoms. The second-order valence-corrected chi connectivity index (χ2v) is 6.76. The molecule has 0 saturated heterocycles. The van der Waals surface area contributed by atoms with Crippen LogP contribution in [0.3, 0.4) is 0 Å². The molecule has 3 N–H and O–H groups in total. The second kappa shape index (κ2) is 8.62. The maximum absolute atomic E-state index is 9.91. The first-order valence-corrected chi connectivity index (χ1v) is 8.95. The summed E-state index contributed by atoms with van der Waals surface area (Å²) in [5.41, 5.74) is 0. The van der Waals surface area contributed by atoms with Crippen molar-refractivity contribution in [2.24, 2.45) is 16.8 Å². The highest BCUT2D eigenvalue weighted by molar-refractivity contribution is 5.80. The molecule has 2 saturated carbocycles. The van der Waals surface area contributed by atoms with Crippen molar-refractivity contribution in [3.63, 3.8) is 0 Å². The lowest BCUT2D eigenvalue weighted by atomic mass is 9.84. The van der Waals surface area contributed by atoms with Crippen LogP contribution < -0.4 is 10.6 Å². The van der Waals surface area contributed by atoms with Gasteiger partial charge in [0.05, 0.1) is 6.10 Å². The van der Waals surface area contributed by atoms with Crippen LogP contribution >= 0.6 is 0 Å². The Balaban J connectivity index is 1.85. The van der Waals surface area contributed by atoms with E-state index in [1.54, 1.807) is 0 Å². The summed E-state index contributed by atoms with van der Waals surface area (Å²) in [4.78, 5) is 4.73. The van der Waals surface area contributed by atoms with Gasteiger partial charge >= 0.3 is 0 Å². The van der Waals surface area contributed by atoms with Crippen LogP contribution in [0, 0.1) is 11.8 Å². The van der Waals surface area contributed by atoms with Gasteiger partial charge in [-0.15, -0.1) is 0 Å². The zero-order chi connectivity index (χ0) is 15.1. The van der Waals surface area contributed by atoms with Crippen molar-refractivity contribution in [2.75, 3.05) is 13.1 Å². The molecule has 0 aliphatic heterocycles. The topological polar surface area (TPSA) is 56.7 Å². The Morgan fingerprint density at radius 1 is 1.14 bits per heavy atom. The van der Waals surface area contributed by atoms with Crippen molar-refractivity contribution >= 4 is 5.96 Å². The molecule has 0 aromatic carbocycles. The van der Waals surface area contributed by atoms with Crippen LogP contribution in [-0.2, 0) is 0 Å². The van der Waals surface area contributed by atoms with Crippen LogP contribution in [-0.4, -0.2) is 36.3 Å². The summed E-state index contributed by atoms with van der Waals surface area (Å²) in [7, 11) is 0. The Bertz CT molecular complexity index is 332. The fraction of sp³-hybridized carbons (Fsp3) is 0.941. The van der Waals surface area contributed by atoms with Crippen LogP contribution in [0.4, 0.5) is 0 Å². The molecule has 0 aromatic rings. The second-order valence-electron chi connectivity index (χ2n) is 6.76. The molecular weight excluding hydrogens is 262 g/mol. The first-order chi connectivity index (χ1) is 10.2. The lowest BCUT2D eigenvalue weighted by molar-refractivity contribution is 0.136. The Kier molecular flexibility index (Phi) is 6.81. The standard InChI is InChI=1S/C17H33N3O/c1-3-13-7-5-9-15(11-13)20-17(18-4-2)19-12-14-8-6-10-16(14)21/h13-16,21H,3-12H2,1-2H3,(H2,18,19,20). The van der Waals surface area contributed by atoms with E-state index in [1.165, 1.54) is 32.1 Å². The quantitative estimate of drug-likeness (QED) is 0.540. The number of rotatable bonds is 5. The predicted molar refractivity (Wildman–Crippen MR) is 88.5 cm³/mol. The summed E-state index contributed by atoms with van der Waals surface area (Å²) in [6, 6.07) is 0.565. The van der Waals surface area contributed by atoms with Gasteiger partial charge in [0, 0.05) is 25.0 Å². The summed E-state index contributed by atoms with van der Waals surface area (Å²) in [5, 5.41) is 16.9. The van der Waals surface area contributed by atoms with E-state index in [1.807, 2.05) is 0 Å². The summed E-state index contributed by atoms with van der Waals surface area (Å²) in [6.45, 7) is 6.05. The zero-order valence-electron chi connectivity index (χ0n) is 13.8. The minimum Gasteiger partial charge on any atom is -0.393 e. The summed E-state index contributed by atoms with van der Waals surface area (Å²) < 4.78 is 0. The van der Waals surface area contributed by atoms with Crippen LogP contribution in [0.5, 0.6) is 0 Å². The molecule has 0 heterocycles. The Morgan fingerprint density at radius 3 is 2.62 bits per heavy atom. The Morgan fingerprint density at radius 2 is 1.95 bits per heavy atom. The van der Waals surface area contributed by atoms with Gasteiger partial charge in [-0.05, 0) is 38.5 Å². The third-order valence-corrected chi connectivity index (χ3v) is 5.15. The van der Waals surface area contributed by atoms with Crippen molar-refractivity contribution in [1.82, 2.24) is 10.6 Å². The molecule has 2 aliphatic rings. The summed E-state index contributed by atoms with van der Waals surface area (Å²) in [6.07, 6.45) is 9.60. The Hall–Kier alpha value is -0.770. The van der Waals surface area contributed by atoms with E-state index in [0.29, 0.717) is 12.0 Å². The molecule has 0 radical (unpaired) electrons. The molecule has 2 fully saturated rings. The minimum absolute atomic E-state index is 0.143. The van der Waals surface area contributed by atoms with Crippen molar-refractivity contribution in [2.45, 2.75) is 77.4 Å². The molecule has 21 heavy (non-hydrogen) atoms. The van der Waals surface area contributed by atoms with Crippen LogP contribution in [0.15, 0.2) is 4.99 Å². The van der Waals surface area contributed by atoms with E-state index in [-0.39, 0.29) is 6.10 Å². The van der Waals surface area contributed by atoms with Crippen molar-refractivity contribution in [3.05, 3.63) is 0 Å². The van der Waals surface area contributed by atoms with E-state index >= 15 is 0 Å². The van der Waals surface area contributed by atoms with Gasteiger partial charge in [-0.1, -0.05) is 32.6 Å². The number of aliphatic hydroxyl groups excluding tert-OH is 1. The van der Waals surface area contributed by atoms with Gasteiger partial charge in [0.25, 0.3) is 0 Å². The number of guanidine groups is 1. The molecule has 4 heteroatoms. The molecular formula is C17H33N3O. The van der Waals surface area contributed by atoms with Crippen molar-refractivity contribution in [3.8, 4) is 0 Å². The highest BCUT2D eigenvalue weighted by Gasteiger charge is 2.25. The van der Waals surface area contributed by atoms with Gasteiger partial charge in [0.15, 0.2) is 5.96 Å². The van der Waals surface area contributed by atoms with Gasteiger partial charge in [0.1, 0.15) is 0 Å². The number of hydrogen-bond donors (Lipinski definition) is 3. The van der Waals surface area contributed by atoms with Crippen LogP contribution in [0.2, 0.25) is 0 Å². The summed E-state index contributed by atoms with van der Waals surface area (Å²) in [5.74, 6) is 2.17. The van der Waals surface area contributed by atoms with Gasteiger partial charge in [-0.2, -0.15) is 0 Å². The van der Waals surface area contributed by atoms with E-state index in [4.69, 9.17) is 4.99 Å². The van der Waals surface area contributed by atoms with Crippen LogP contribution in [0.25, 0.3) is 0 Å². The number of nitrogens with zero attached hydrogens (tertiary/aromatic N) is 1. The highest BCUT2D eigenvalue weighted by atomic mass is 16.3. The van der Waals surface area contributed by atoms with E-state index < -0.39 is 0 Å². The van der Waals surface area contributed by atoms with E-state index in [0.717, 1.165) is 44.2 Å².